The molecule has 170 valence electrons. The van der Waals surface area contributed by atoms with E-state index in [9.17, 15) is 0 Å². The lowest BCUT2D eigenvalue weighted by atomic mass is 10.1. The first-order valence-corrected chi connectivity index (χ1v) is 11.8. The summed E-state index contributed by atoms with van der Waals surface area (Å²) in [4.78, 5) is 2.44. The highest BCUT2D eigenvalue weighted by Crippen LogP contribution is 2.26. The maximum Gasteiger partial charge on any atom is 0.119 e. The second kappa shape index (κ2) is 11.9. The molecule has 0 radical (unpaired) electrons. The van der Waals surface area contributed by atoms with Gasteiger partial charge in [-0.05, 0) is 98.5 Å². The molecule has 1 saturated heterocycles. The van der Waals surface area contributed by atoms with Crippen molar-refractivity contribution in [1.82, 2.24) is 0 Å². The van der Waals surface area contributed by atoms with Crippen molar-refractivity contribution < 1.29 is 4.74 Å². The molecule has 33 heavy (non-hydrogen) atoms. The van der Waals surface area contributed by atoms with Crippen molar-refractivity contribution in [2.75, 3.05) is 24.6 Å². The van der Waals surface area contributed by atoms with Gasteiger partial charge in [0.2, 0.25) is 0 Å². The Morgan fingerprint density at radius 2 is 1.09 bits per heavy atom. The fourth-order valence-electron chi connectivity index (χ4n) is 3.64. The molecule has 0 bridgehead atoms. The number of piperidine rings is 1. The van der Waals surface area contributed by atoms with E-state index in [1.807, 2.05) is 60.7 Å². The standard InChI is InChI=1S/C27H31N5O/c1-2-3-21-33-27-17-13-25(14-18-27)31-29-23-9-7-22(8-10-23)28-30-24-11-15-26(16-12-24)32-19-5-4-6-20-32/h7-18H,2-6,19-21H2,1H3. The number of anilines is 1. The van der Waals surface area contributed by atoms with E-state index in [4.69, 9.17) is 4.74 Å². The van der Waals surface area contributed by atoms with Gasteiger partial charge in [-0.15, -0.1) is 0 Å². The molecule has 0 unspecified atom stereocenters. The normalized spacial score (nSPS) is 14.3. The van der Waals surface area contributed by atoms with Crippen LogP contribution < -0.4 is 9.64 Å². The first-order chi connectivity index (χ1) is 16.3. The Bertz CT molecular complexity index is 1040. The molecule has 0 aromatic heterocycles. The summed E-state index contributed by atoms with van der Waals surface area (Å²) in [5, 5.41) is 17.3. The molecule has 1 aliphatic heterocycles. The molecule has 0 atom stereocenters. The van der Waals surface area contributed by atoms with Crippen molar-refractivity contribution in [2.24, 2.45) is 20.5 Å². The van der Waals surface area contributed by atoms with Crippen LogP contribution in [0.5, 0.6) is 5.75 Å². The summed E-state index contributed by atoms with van der Waals surface area (Å²) >= 11 is 0. The predicted octanol–water partition coefficient (Wildman–Crippen LogP) is 8.69. The van der Waals surface area contributed by atoms with Crippen molar-refractivity contribution in [3.8, 4) is 5.75 Å². The van der Waals surface area contributed by atoms with Gasteiger partial charge in [-0.1, -0.05) is 13.3 Å². The smallest absolute Gasteiger partial charge is 0.119 e. The highest BCUT2D eigenvalue weighted by atomic mass is 16.5. The first-order valence-electron chi connectivity index (χ1n) is 11.8. The average molecular weight is 442 g/mol. The van der Waals surface area contributed by atoms with Crippen LogP contribution in [0.1, 0.15) is 39.0 Å². The molecule has 0 amide bonds. The Hall–Kier alpha value is -3.54. The summed E-state index contributed by atoms with van der Waals surface area (Å²) in [6.07, 6.45) is 6.07. The fraction of sp³-hybridized carbons (Fsp3) is 0.333. The lowest BCUT2D eigenvalue weighted by Gasteiger charge is -2.28. The molecule has 1 aliphatic rings. The quantitative estimate of drug-likeness (QED) is 0.246. The van der Waals surface area contributed by atoms with Gasteiger partial charge in [-0.2, -0.15) is 20.5 Å². The molecule has 0 saturated carbocycles. The van der Waals surface area contributed by atoms with Gasteiger partial charge < -0.3 is 9.64 Å². The first kappa shape index (κ1) is 22.6. The summed E-state index contributed by atoms with van der Waals surface area (Å²) in [6, 6.07) is 23.5. The highest BCUT2D eigenvalue weighted by molar-refractivity contribution is 5.53. The molecule has 1 fully saturated rings. The van der Waals surface area contributed by atoms with E-state index < -0.39 is 0 Å². The minimum atomic E-state index is 0.741. The third-order valence-electron chi connectivity index (χ3n) is 5.59. The van der Waals surface area contributed by atoms with E-state index in [2.05, 4.69) is 44.4 Å². The van der Waals surface area contributed by atoms with Crippen molar-refractivity contribution >= 4 is 28.4 Å². The Morgan fingerprint density at radius 3 is 1.58 bits per heavy atom. The van der Waals surface area contributed by atoms with Gasteiger partial charge in [0.1, 0.15) is 5.75 Å². The van der Waals surface area contributed by atoms with Crippen molar-refractivity contribution in [1.29, 1.82) is 0 Å². The SMILES string of the molecule is CCCCOc1ccc(N=Nc2ccc(N=Nc3ccc(N4CCCCC4)cc3)cc2)cc1. The molecular weight excluding hydrogens is 410 g/mol. The minimum Gasteiger partial charge on any atom is -0.494 e. The summed E-state index contributed by atoms with van der Waals surface area (Å²) in [7, 11) is 0. The van der Waals surface area contributed by atoms with Crippen LogP contribution in [0.15, 0.2) is 93.3 Å². The molecule has 6 heteroatoms. The Balaban J connectivity index is 1.30. The topological polar surface area (TPSA) is 61.9 Å². The van der Waals surface area contributed by atoms with Gasteiger partial charge in [0.15, 0.2) is 0 Å². The molecule has 6 nitrogen and oxygen atoms in total. The van der Waals surface area contributed by atoms with E-state index in [0.717, 1.165) is 61.0 Å². The molecule has 0 aliphatic carbocycles. The third kappa shape index (κ3) is 6.97. The highest BCUT2D eigenvalue weighted by Gasteiger charge is 2.10. The van der Waals surface area contributed by atoms with Crippen molar-refractivity contribution in [2.45, 2.75) is 39.0 Å². The zero-order valence-corrected chi connectivity index (χ0v) is 19.2. The molecule has 3 aromatic rings. The largest absolute Gasteiger partial charge is 0.494 e. The second-order valence-corrected chi connectivity index (χ2v) is 8.18. The number of hydrogen-bond acceptors (Lipinski definition) is 6. The van der Waals surface area contributed by atoms with E-state index in [-0.39, 0.29) is 0 Å². The zero-order valence-electron chi connectivity index (χ0n) is 19.2. The van der Waals surface area contributed by atoms with Gasteiger partial charge in [-0.3, -0.25) is 0 Å². The van der Waals surface area contributed by atoms with Crippen molar-refractivity contribution in [3.05, 3.63) is 72.8 Å². The second-order valence-electron chi connectivity index (χ2n) is 8.18. The summed E-state index contributed by atoms with van der Waals surface area (Å²) in [5.74, 6) is 0.859. The number of benzene rings is 3. The molecule has 0 N–H and O–H groups in total. The monoisotopic (exact) mass is 441 g/mol. The lowest BCUT2D eigenvalue weighted by molar-refractivity contribution is 0.309. The van der Waals surface area contributed by atoms with Gasteiger partial charge >= 0.3 is 0 Å². The average Bonchev–Trinajstić information content (AvgIpc) is 2.89. The zero-order chi connectivity index (χ0) is 22.7. The number of rotatable bonds is 9. The number of hydrogen-bond donors (Lipinski definition) is 0. The van der Waals surface area contributed by atoms with E-state index in [1.54, 1.807) is 0 Å². The van der Waals surface area contributed by atoms with Gasteiger partial charge in [0.05, 0.1) is 29.4 Å². The number of azo groups is 2. The molecule has 3 aromatic carbocycles. The number of ether oxygens (including phenoxy) is 1. The van der Waals surface area contributed by atoms with Crippen LogP contribution in [0.2, 0.25) is 0 Å². The van der Waals surface area contributed by atoms with Crippen LogP contribution in [0.4, 0.5) is 28.4 Å². The van der Waals surface area contributed by atoms with E-state index in [0.29, 0.717) is 0 Å². The molecular formula is C27H31N5O. The van der Waals surface area contributed by atoms with Crippen LogP contribution in [0, 0.1) is 0 Å². The molecule has 4 rings (SSSR count). The van der Waals surface area contributed by atoms with Crippen LogP contribution in [-0.4, -0.2) is 19.7 Å². The Kier molecular flexibility index (Phi) is 8.17. The lowest BCUT2D eigenvalue weighted by Crippen LogP contribution is -2.29. The van der Waals surface area contributed by atoms with E-state index in [1.165, 1.54) is 24.9 Å². The maximum absolute atomic E-state index is 5.67. The van der Waals surface area contributed by atoms with E-state index >= 15 is 0 Å². The Morgan fingerprint density at radius 1 is 0.636 bits per heavy atom. The predicted molar refractivity (Wildman–Crippen MR) is 134 cm³/mol. The fourth-order valence-corrected chi connectivity index (χ4v) is 3.64. The maximum atomic E-state index is 5.67. The number of unbranched alkanes of at least 4 members (excludes halogenated alkanes) is 1. The minimum absolute atomic E-state index is 0.741. The summed E-state index contributed by atoms with van der Waals surface area (Å²) < 4.78 is 5.67. The van der Waals surface area contributed by atoms with Crippen LogP contribution in [0.3, 0.4) is 0 Å². The van der Waals surface area contributed by atoms with Gasteiger partial charge in [0.25, 0.3) is 0 Å². The third-order valence-corrected chi connectivity index (χ3v) is 5.59. The van der Waals surface area contributed by atoms with Gasteiger partial charge in [-0.25, -0.2) is 0 Å². The van der Waals surface area contributed by atoms with Crippen LogP contribution in [0.25, 0.3) is 0 Å². The Labute approximate surface area is 196 Å². The van der Waals surface area contributed by atoms with Crippen LogP contribution >= 0.6 is 0 Å². The molecule has 1 heterocycles. The van der Waals surface area contributed by atoms with Gasteiger partial charge in [0, 0.05) is 18.8 Å². The molecule has 0 spiro atoms. The van der Waals surface area contributed by atoms with Crippen LogP contribution in [-0.2, 0) is 0 Å². The summed E-state index contributed by atoms with van der Waals surface area (Å²) in [6.45, 7) is 5.17. The van der Waals surface area contributed by atoms with Crippen molar-refractivity contribution in [3.63, 3.8) is 0 Å². The number of nitrogens with zero attached hydrogens (tertiary/aromatic N) is 5. The summed E-state index contributed by atoms with van der Waals surface area (Å²) in [5.41, 5.74) is 4.45.